The Hall–Kier alpha value is -2.77. The molecule has 0 spiro atoms. The minimum absolute atomic E-state index is 0.187. The number of carbonyl (C=O) groups is 2. The van der Waals surface area contributed by atoms with E-state index in [2.05, 4.69) is 25.5 Å². The molecular weight excluding hydrogens is 284 g/mol. The number of aromatic amines is 1. The third-order valence-corrected chi connectivity index (χ3v) is 3.77. The normalized spacial score (nSPS) is 17.5. The van der Waals surface area contributed by atoms with Crippen LogP contribution in [0.15, 0.2) is 24.8 Å². The van der Waals surface area contributed by atoms with Gasteiger partial charge in [0.1, 0.15) is 5.69 Å². The van der Waals surface area contributed by atoms with Crippen LogP contribution in [0.3, 0.4) is 0 Å². The van der Waals surface area contributed by atoms with Gasteiger partial charge in [-0.1, -0.05) is 0 Å². The lowest BCUT2D eigenvalue weighted by atomic mass is 10.1. The topological polar surface area (TPSA) is 104 Å². The Kier molecular flexibility index (Phi) is 3.82. The van der Waals surface area contributed by atoms with E-state index in [1.807, 2.05) is 0 Å². The lowest BCUT2D eigenvalue weighted by Crippen LogP contribution is -2.32. The van der Waals surface area contributed by atoms with Crippen molar-refractivity contribution in [3.63, 3.8) is 0 Å². The second kappa shape index (κ2) is 5.92. The van der Waals surface area contributed by atoms with E-state index < -0.39 is 0 Å². The summed E-state index contributed by atoms with van der Waals surface area (Å²) >= 11 is 0. The molecule has 0 saturated carbocycles. The number of carbonyl (C=O) groups excluding carboxylic acids is 2. The zero-order valence-corrected chi connectivity index (χ0v) is 12.1. The molecule has 22 heavy (non-hydrogen) atoms. The van der Waals surface area contributed by atoms with Crippen molar-refractivity contribution >= 4 is 11.8 Å². The zero-order valence-electron chi connectivity index (χ0n) is 12.1. The molecule has 0 unspecified atom stereocenters. The van der Waals surface area contributed by atoms with Crippen molar-refractivity contribution in [3.05, 3.63) is 41.7 Å². The molecule has 2 aromatic rings. The molecule has 1 aliphatic rings. The SMILES string of the molecule is CNC(=O)c1cn[nH]c1[C@@H]1CCCN1C(=O)c1cnccn1. The fourth-order valence-electron chi connectivity index (χ4n) is 2.73. The Morgan fingerprint density at radius 1 is 1.36 bits per heavy atom. The van der Waals surface area contributed by atoms with E-state index in [-0.39, 0.29) is 17.9 Å². The molecule has 2 N–H and O–H groups in total. The predicted octanol–water partition coefficient (Wildman–Crippen LogP) is 0.537. The summed E-state index contributed by atoms with van der Waals surface area (Å²) in [6, 6.07) is -0.204. The van der Waals surface area contributed by atoms with Gasteiger partial charge in [0.05, 0.1) is 29.7 Å². The molecular formula is C14H16N6O2. The number of hydrogen-bond donors (Lipinski definition) is 2. The fourth-order valence-corrected chi connectivity index (χ4v) is 2.73. The first-order chi connectivity index (χ1) is 10.7. The van der Waals surface area contributed by atoms with Gasteiger partial charge in [-0.3, -0.25) is 19.7 Å². The molecule has 1 fully saturated rings. The summed E-state index contributed by atoms with van der Waals surface area (Å²) in [4.78, 5) is 34.2. The maximum Gasteiger partial charge on any atom is 0.274 e. The minimum Gasteiger partial charge on any atom is -0.355 e. The van der Waals surface area contributed by atoms with Crippen LogP contribution in [0, 0.1) is 0 Å². The maximum atomic E-state index is 12.6. The van der Waals surface area contributed by atoms with Crippen LogP contribution in [-0.2, 0) is 0 Å². The molecule has 0 radical (unpaired) electrons. The summed E-state index contributed by atoms with van der Waals surface area (Å²) in [5.41, 5.74) is 1.43. The number of aromatic nitrogens is 4. The van der Waals surface area contributed by atoms with Gasteiger partial charge in [0.25, 0.3) is 11.8 Å². The Bertz CT molecular complexity index is 684. The van der Waals surface area contributed by atoms with Gasteiger partial charge >= 0.3 is 0 Å². The monoisotopic (exact) mass is 300 g/mol. The predicted molar refractivity (Wildman–Crippen MR) is 77.0 cm³/mol. The molecule has 0 aliphatic carbocycles. The van der Waals surface area contributed by atoms with Crippen molar-refractivity contribution in [2.45, 2.75) is 18.9 Å². The number of amides is 2. The average molecular weight is 300 g/mol. The molecule has 8 nitrogen and oxygen atoms in total. The van der Waals surface area contributed by atoms with Crippen LogP contribution >= 0.6 is 0 Å². The molecule has 3 rings (SSSR count). The van der Waals surface area contributed by atoms with Crippen LogP contribution in [0.4, 0.5) is 0 Å². The molecule has 1 atom stereocenters. The lowest BCUT2D eigenvalue weighted by Gasteiger charge is -2.24. The van der Waals surface area contributed by atoms with Crippen LogP contribution in [0.25, 0.3) is 0 Å². The van der Waals surface area contributed by atoms with E-state index in [0.717, 1.165) is 12.8 Å². The fraction of sp³-hybridized carbons (Fsp3) is 0.357. The van der Waals surface area contributed by atoms with Gasteiger partial charge in [0.15, 0.2) is 0 Å². The largest absolute Gasteiger partial charge is 0.355 e. The first-order valence-corrected chi connectivity index (χ1v) is 7.04. The Morgan fingerprint density at radius 2 is 2.23 bits per heavy atom. The Balaban J connectivity index is 1.90. The minimum atomic E-state index is -0.220. The van der Waals surface area contributed by atoms with E-state index in [1.165, 1.54) is 24.8 Å². The molecule has 8 heteroatoms. The van der Waals surface area contributed by atoms with Crippen LogP contribution < -0.4 is 5.32 Å². The van der Waals surface area contributed by atoms with Gasteiger partial charge in [0.2, 0.25) is 0 Å². The van der Waals surface area contributed by atoms with Gasteiger partial charge in [-0.25, -0.2) is 4.98 Å². The van der Waals surface area contributed by atoms with E-state index in [0.29, 0.717) is 23.5 Å². The zero-order chi connectivity index (χ0) is 15.5. The molecule has 2 aromatic heterocycles. The van der Waals surface area contributed by atoms with Gasteiger partial charge in [-0.2, -0.15) is 5.10 Å². The van der Waals surface area contributed by atoms with Crippen molar-refractivity contribution in [2.75, 3.05) is 13.6 Å². The smallest absolute Gasteiger partial charge is 0.274 e. The average Bonchev–Trinajstić information content (AvgIpc) is 3.22. The van der Waals surface area contributed by atoms with Gasteiger partial charge in [-0.15, -0.1) is 0 Å². The second-order valence-electron chi connectivity index (χ2n) is 5.02. The van der Waals surface area contributed by atoms with Crippen molar-refractivity contribution < 1.29 is 9.59 Å². The summed E-state index contributed by atoms with van der Waals surface area (Å²) in [6.07, 6.45) is 7.59. The summed E-state index contributed by atoms with van der Waals surface area (Å²) in [5.74, 6) is -0.407. The Labute approximate surface area is 127 Å². The lowest BCUT2D eigenvalue weighted by molar-refractivity contribution is 0.0723. The van der Waals surface area contributed by atoms with E-state index >= 15 is 0 Å². The number of nitrogens with zero attached hydrogens (tertiary/aromatic N) is 4. The second-order valence-corrected chi connectivity index (χ2v) is 5.02. The summed E-state index contributed by atoms with van der Waals surface area (Å²) in [7, 11) is 1.57. The van der Waals surface area contributed by atoms with Crippen LogP contribution in [-0.4, -0.2) is 50.5 Å². The van der Waals surface area contributed by atoms with Gasteiger partial charge in [0, 0.05) is 26.0 Å². The highest BCUT2D eigenvalue weighted by molar-refractivity contribution is 5.96. The summed E-state index contributed by atoms with van der Waals surface area (Å²) in [6.45, 7) is 0.617. The number of hydrogen-bond acceptors (Lipinski definition) is 5. The highest BCUT2D eigenvalue weighted by Gasteiger charge is 2.34. The molecule has 0 aromatic carbocycles. The molecule has 1 aliphatic heterocycles. The first kappa shape index (κ1) is 14.2. The van der Waals surface area contributed by atoms with Gasteiger partial charge in [-0.05, 0) is 12.8 Å². The van der Waals surface area contributed by atoms with Gasteiger partial charge < -0.3 is 10.2 Å². The van der Waals surface area contributed by atoms with Crippen molar-refractivity contribution in [1.29, 1.82) is 0 Å². The third kappa shape index (κ3) is 2.43. The van der Waals surface area contributed by atoms with Crippen LogP contribution in [0.2, 0.25) is 0 Å². The highest BCUT2D eigenvalue weighted by Crippen LogP contribution is 2.33. The van der Waals surface area contributed by atoms with Crippen LogP contribution in [0.5, 0.6) is 0 Å². The van der Waals surface area contributed by atoms with E-state index in [4.69, 9.17) is 0 Å². The summed E-state index contributed by atoms with van der Waals surface area (Å²) < 4.78 is 0. The number of likely N-dealkylation sites (tertiary alicyclic amines) is 1. The molecule has 0 bridgehead atoms. The molecule has 3 heterocycles. The third-order valence-electron chi connectivity index (χ3n) is 3.77. The van der Waals surface area contributed by atoms with Crippen molar-refractivity contribution in [3.8, 4) is 0 Å². The maximum absolute atomic E-state index is 12.6. The quantitative estimate of drug-likeness (QED) is 0.861. The Morgan fingerprint density at radius 3 is 2.95 bits per heavy atom. The van der Waals surface area contributed by atoms with Crippen molar-refractivity contribution in [2.24, 2.45) is 0 Å². The standard InChI is InChI=1S/C14H16N6O2/c1-15-13(21)9-7-18-19-12(9)11-3-2-6-20(11)14(22)10-8-16-4-5-17-10/h4-5,7-8,11H,2-3,6H2,1H3,(H,15,21)(H,18,19)/t11-/m0/s1. The number of rotatable bonds is 3. The van der Waals surface area contributed by atoms with Crippen molar-refractivity contribution in [1.82, 2.24) is 30.4 Å². The summed E-state index contributed by atoms with van der Waals surface area (Å²) in [5, 5.41) is 9.39. The molecule has 1 saturated heterocycles. The first-order valence-electron chi connectivity index (χ1n) is 7.04. The van der Waals surface area contributed by atoms with E-state index in [9.17, 15) is 9.59 Å². The molecule has 2 amide bonds. The highest BCUT2D eigenvalue weighted by atomic mass is 16.2. The number of nitrogens with one attached hydrogen (secondary N) is 2. The van der Waals surface area contributed by atoms with Crippen LogP contribution in [0.1, 0.15) is 45.4 Å². The van der Waals surface area contributed by atoms with E-state index in [1.54, 1.807) is 11.9 Å². The number of H-pyrrole nitrogens is 1. The molecule has 114 valence electrons.